The Bertz CT molecular complexity index is 1030. The van der Waals surface area contributed by atoms with Crippen LogP contribution in [0.15, 0.2) is 48.5 Å². The van der Waals surface area contributed by atoms with Gasteiger partial charge in [0.25, 0.3) is 0 Å². The maximum Gasteiger partial charge on any atom is 0.229 e. The summed E-state index contributed by atoms with van der Waals surface area (Å²) in [5.41, 5.74) is 2.43. The van der Waals surface area contributed by atoms with Crippen LogP contribution in [0.5, 0.6) is 0 Å². The summed E-state index contributed by atoms with van der Waals surface area (Å²) in [4.78, 5) is 23.5. The molecule has 1 aromatic heterocycles. The third-order valence-electron chi connectivity index (χ3n) is 4.75. The molecular formula is C23H25ClFN5O. The molecule has 31 heavy (non-hydrogen) atoms. The highest BCUT2D eigenvalue weighted by molar-refractivity contribution is 6.31. The van der Waals surface area contributed by atoms with Crippen molar-refractivity contribution in [3.05, 3.63) is 70.6 Å². The number of halogens is 2. The minimum atomic E-state index is -0.496. The van der Waals surface area contributed by atoms with Crippen molar-refractivity contribution < 1.29 is 9.18 Å². The van der Waals surface area contributed by atoms with Crippen molar-refractivity contribution >= 4 is 40.6 Å². The molecule has 8 heteroatoms. The SMILES string of the molecule is CCN(CC)c1cc(C)nc(Nc2ccc(NC(=O)Cc3c(F)cccc3Cl)cc2)n1. The number of hydrogen-bond donors (Lipinski definition) is 2. The van der Waals surface area contributed by atoms with Gasteiger partial charge in [-0.3, -0.25) is 4.79 Å². The molecule has 3 aromatic rings. The van der Waals surface area contributed by atoms with Crippen molar-refractivity contribution in [3.63, 3.8) is 0 Å². The number of amides is 1. The van der Waals surface area contributed by atoms with E-state index in [1.165, 1.54) is 12.1 Å². The van der Waals surface area contributed by atoms with Crippen LogP contribution in [0.25, 0.3) is 0 Å². The summed E-state index contributed by atoms with van der Waals surface area (Å²) >= 11 is 5.99. The molecule has 0 unspecified atom stereocenters. The molecule has 0 bridgehead atoms. The third kappa shape index (κ3) is 5.92. The molecule has 1 heterocycles. The average molecular weight is 442 g/mol. The molecular weight excluding hydrogens is 417 g/mol. The number of hydrogen-bond acceptors (Lipinski definition) is 5. The van der Waals surface area contributed by atoms with E-state index in [1.54, 1.807) is 18.2 Å². The molecule has 0 aliphatic heterocycles. The van der Waals surface area contributed by atoms with Crippen molar-refractivity contribution in [2.45, 2.75) is 27.2 Å². The average Bonchev–Trinajstić information content (AvgIpc) is 2.73. The third-order valence-corrected chi connectivity index (χ3v) is 5.11. The number of aryl methyl sites for hydroxylation is 1. The monoisotopic (exact) mass is 441 g/mol. The van der Waals surface area contributed by atoms with Gasteiger partial charge in [-0.2, -0.15) is 4.98 Å². The van der Waals surface area contributed by atoms with Crippen molar-refractivity contribution in [1.82, 2.24) is 9.97 Å². The molecule has 0 radical (unpaired) electrons. The number of nitrogens with zero attached hydrogens (tertiary/aromatic N) is 3. The van der Waals surface area contributed by atoms with Crippen LogP contribution in [0.4, 0.5) is 27.5 Å². The van der Waals surface area contributed by atoms with E-state index in [4.69, 9.17) is 11.6 Å². The molecule has 2 aromatic carbocycles. The van der Waals surface area contributed by atoms with Gasteiger partial charge in [0, 0.05) is 46.8 Å². The summed E-state index contributed by atoms with van der Waals surface area (Å²) in [5, 5.41) is 6.18. The van der Waals surface area contributed by atoms with Gasteiger partial charge in [0.05, 0.1) is 6.42 Å². The zero-order valence-electron chi connectivity index (χ0n) is 17.7. The van der Waals surface area contributed by atoms with E-state index < -0.39 is 5.82 Å². The summed E-state index contributed by atoms with van der Waals surface area (Å²) in [5.74, 6) is 0.534. The van der Waals surface area contributed by atoms with Gasteiger partial charge in [0.15, 0.2) is 0 Å². The second-order valence-electron chi connectivity index (χ2n) is 6.99. The molecule has 0 fully saturated rings. The molecule has 0 aliphatic rings. The predicted octanol–water partition coefficient (Wildman–Crippen LogP) is 5.35. The fourth-order valence-corrected chi connectivity index (χ4v) is 3.38. The van der Waals surface area contributed by atoms with Crippen LogP contribution in [-0.2, 0) is 11.2 Å². The minimum absolute atomic E-state index is 0.142. The van der Waals surface area contributed by atoms with Crippen molar-refractivity contribution in [2.24, 2.45) is 0 Å². The van der Waals surface area contributed by atoms with E-state index in [1.807, 2.05) is 25.1 Å². The fourth-order valence-electron chi connectivity index (χ4n) is 3.15. The molecule has 2 N–H and O–H groups in total. The van der Waals surface area contributed by atoms with Crippen LogP contribution in [-0.4, -0.2) is 29.0 Å². The second-order valence-corrected chi connectivity index (χ2v) is 7.40. The Labute approximate surface area is 186 Å². The van der Waals surface area contributed by atoms with Crippen molar-refractivity contribution in [2.75, 3.05) is 28.6 Å². The maximum absolute atomic E-state index is 13.9. The summed E-state index contributed by atoms with van der Waals surface area (Å²) < 4.78 is 13.9. The van der Waals surface area contributed by atoms with Gasteiger partial charge in [0.2, 0.25) is 11.9 Å². The zero-order valence-corrected chi connectivity index (χ0v) is 18.5. The Morgan fingerprint density at radius 1 is 1.06 bits per heavy atom. The molecule has 0 atom stereocenters. The predicted molar refractivity (Wildman–Crippen MR) is 124 cm³/mol. The number of rotatable bonds is 8. The first-order chi connectivity index (χ1) is 14.9. The number of carbonyl (C=O) groups excluding carboxylic acids is 1. The van der Waals surface area contributed by atoms with Gasteiger partial charge in [-0.15, -0.1) is 0 Å². The van der Waals surface area contributed by atoms with E-state index in [2.05, 4.69) is 39.3 Å². The molecule has 0 saturated carbocycles. The van der Waals surface area contributed by atoms with Gasteiger partial charge in [0.1, 0.15) is 11.6 Å². The Morgan fingerprint density at radius 3 is 2.39 bits per heavy atom. The van der Waals surface area contributed by atoms with Crippen LogP contribution in [0.2, 0.25) is 5.02 Å². The van der Waals surface area contributed by atoms with Gasteiger partial charge in [-0.1, -0.05) is 17.7 Å². The van der Waals surface area contributed by atoms with Crippen LogP contribution in [0.1, 0.15) is 25.1 Å². The lowest BCUT2D eigenvalue weighted by molar-refractivity contribution is -0.115. The molecule has 3 rings (SSSR count). The Hall–Kier alpha value is -3.19. The number of carbonyl (C=O) groups is 1. The Morgan fingerprint density at radius 2 is 1.74 bits per heavy atom. The van der Waals surface area contributed by atoms with Crippen molar-refractivity contribution in [1.29, 1.82) is 0 Å². The van der Waals surface area contributed by atoms with Crippen LogP contribution in [0.3, 0.4) is 0 Å². The first kappa shape index (κ1) is 22.5. The molecule has 6 nitrogen and oxygen atoms in total. The Balaban J connectivity index is 1.66. The largest absolute Gasteiger partial charge is 0.357 e. The first-order valence-electron chi connectivity index (χ1n) is 10.1. The highest BCUT2D eigenvalue weighted by atomic mass is 35.5. The normalized spacial score (nSPS) is 10.6. The number of anilines is 4. The molecule has 0 spiro atoms. The summed E-state index contributed by atoms with van der Waals surface area (Å²) in [6, 6.07) is 13.4. The van der Waals surface area contributed by atoms with E-state index in [0.717, 1.165) is 30.3 Å². The fraction of sp³-hybridized carbons (Fsp3) is 0.261. The zero-order chi connectivity index (χ0) is 22.4. The molecule has 0 aliphatic carbocycles. The standard InChI is InChI=1S/C23H25ClFN5O/c1-4-30(5-2)21-13-15(3)26-23(29-21)28-17-11-9-16(10-12-17)27-22(31)14-18-19(24)7-6-8-20(18)25/h6-13H,4-5,14H2,1-3H3,(H,27,31)(H,26,28,29). The lowest BCUT2D eigenvalue weighted by Gasteiger charge is -2.20. The molecule has 0 saturated heterocycles. The van der Waals surface area contributed by atoms with Gasteiger partial charge in [-0.25, -0.2) is 9.37 Å². The van der Waals surface area contributed by atoms with Crippen molar-refractivity contribution in [3.8, 4) is 0 Å². The van der Waals surface area contributed by atoms with Crippen LogP contribution in [0, 0.1) is 12.7 Å². The lowest BCUT2D eigenvalue weighted by Crippen LogP contribution is -2.23. The highest BCUT2D eigenvalue weighted by Gasteiger charge is 2.12. The van der Waals surface area contributed by atoms with Gasteiger partial charge < -0.3 is 15.5 Å². The first-order valence-corrected chi connectivity index (χ1v) is 10.5. The lowest BCUT2D eigenvalue weighted by atomic mass is 10.1. The minimum Gasteiger partial charge on any atom is -0.357 e. The summed E-state index contributed by atoms with van der Waals surface area (Å²) in [7, 11) is 0. The van der Waals surface area contributed by atoms with E-state index >= 15 is 0 Å². The quantitative estimate of drug-likeness (QED) is 0.493. The highest BCUT2D eigenvalue weighted by Crippen LogP contribution is 2.22. The van der Waals surface area contributed by atoms with Crippen LogP contribution >= 0.6 is 11.6 Å². The summed E-state index contributed by atoms with van der Waals surface area (Å²) in [6.45, 7) is 7.82. The van der Waals surface area contributed by atoms with E-state index in [-0.39, 0.29) is 22.9 Å². The smallest absolute Gasteiger partial charge is 0.229 e. The number of nitrogens with one attached hydrogen (secondary N) is 2. The summed E-state index contributed by atoms with van der Waals surface area (Å²) in [6.07, 6.45) is -0.142. The molecule has 1 amide bonds. The topological polar surface area (TPSA) is 70.2 Å². The van der Waals surface area contributed by atoms with Gasteiger partial charge in [-0.05, 0) is 57.2 Å². The van der Waals surface area contributed by atoms with Crippen LogP contribution < -0.4 is 15.5 Å². The van der Waals surface area contributed by atoms with E-state index in [9.17, 15) is 9.18 Å². The number of aromatic nitrogens is 2. The maximum atomic E-state index is 13.9. The van der Waals surface area contributed by atoms with Gasteiger partial charge >= 0.3 is 0 Å². The van der Waals surface area contributed by atoms with E-state index in [0.29, 0.717) is 11.6 Å². The second kappa shape index (κ2) is 10.2. The Kier molecular flexibility index (Phi) is 7.41. The number of benzene rings is 2. The molecule has 162 valence electrons.